The molecule has 5 heteroatoms. The predicted octanol–water partition coefficient (Wildman–Crippen LogP) is 5.05. The van der Waals surface area contributed by atoms with Gasteiger partial charge in [-0.2, -0.15) is 0 Å². The van der Waals surface area contributed by atoms with E-state index >= 15 is 0 Å². The van der Waals surface area contributed by atoms with E-state index in [1.54, 1.807) is 12.1 Å². The smallest absolute Gasteiger partial charge is 0.305 e. The first kappa shape index (κ1) is 18.0. The number of hydrogen-bond acceptors (Lipinski definition) is 2. The van der Waals surface area contributed by atoms with E-state index in [-0.39, 0.29) is 11.5 Å². The van der Waals surface area contributed by atoms with Gasteiger partial charge in [0, 0.05) is 12.0 Å². The van der Waals surface area contributed by atoms with Crippen LogP contribution in [-0.2, 0) is 16.0 Å². The monoisotopic (exact) mass is 336 g/mol. The van der Waals surface area contributed by atoms with Crippen LogP contribution in [0.25, 0.3) is 11.1 Å². The Hall–Kier alpha value is -2.30. The number of carbonyl (C=O) groups excluding carboxylic acids is 1. The molecule has 0 aliphatic rings. The molecule has 0 atom stereocenters. The Balaban J connectivity index is 1.94. The van der Waals surface area contributed by atoms with Crippen molar-refractivity contribution in [2.75, 3.05) is 7.11 Å². The SMILES string of the molecule is COC(=O)CCCCCc1ccc(-c2ccc(F)c(F)c2)c(F)c1. The van der Waals surface area contributed by atoms with Crippen LogP contribution in [0.5, 0.6) is 0 Å². The molecule has 0 N–H and O–H groups in total. The Morgan fingerprint density at radius 1 is 0.917 bits per heavy atom. The summed E-state index contributed by atoms with van der Waals surface area (Å²) in [5.74, 6) is -2.64. The van der Waals surface area contributed by atoms with Gasteiger partial charge in [0.25, 0.3) is 0 Å². The minimum absolute atomic E-state index is 0.225. The van der Waals surface area contributed by atoms with Gasteiger partial charge in [-0.3, -0.25) is 4.79 Å². The molecule has 2 aromatic carbocycles. The molecule has 0 fully saturated rings. The maximum atomic E-state index is 14.2. The fourth-order valence-corrected chi connectivity index (χ4v) is 2.49. The molecule has 0 bridgehead atoms. The summed E-state index contributed by atoms with van der Waals surface area (Å²) in [5, 5.41) is 0. The molecule has 0 spiro atoms. The first-order chi connectivity index (χ1) is 11.5. The third kappa shape index (κ3) is 4.85. The van der Waals surface area contributed by atoms with Crippen LogP contribution in [0.1, 0.15) is 31.2 Å². The number of esters is 1. The van der Waals surface area contributed by atoms with Gasteiger partial charge in [-0.15, -0.1) is 0 Å². The fraction of sp³-hybridized carbons (Fsp3) is 0.316. The highest BCUT2D eigenvalue weighted by atomic mass is 19.2. The molecular weight excluding hydrogens is 317 g/mol. The van der Waals surface area contributed by atoms with Crippen molar-refractivity contribution in [2.24, 2.45) is 0 Å². The Morgan fingerprint density at radius 3 is 2.38 bits per heavy atom. The second kappa shape index (κ2) is 8.52. The summed E-state index contributed by atoms with van der Waals surface area (Å²) in [6.07, 6.45) is 3.50. The number of methoxy groups -OCH3 is 1. The highest BCUT2D eigenvalue weighted by Gasteiger charge is 2.09. The third-order valence-corrected chi connectivity index (χ3v) is 3.84. The summed E-state index contributed by atoms with van der Waals surface area (Å²) in [6.45, 7) is 0. The lowest BCUT2D eigenvalue weighted by Crippen LogP contribution is -1.99. The number of halogens is 3. The Labute approximate surface area is 139 Å². The number of ether oxygens (including phenoxy) is 1. The van der Waals surface area contributed by atoms with E-state index in [9.17, 15) is 18.0 Å². The predicted molar refractivity (Wildman–Crippen MR) is 85.9 cm³/mol. The van der Waals surface area contributed by atoms with Gasteiger partial charge in [-0.1, -0.05) is 24.6 Å². The van der Waals surface area contributed by atoms with E-state index < -0.39 is 17.5 Å². The van der Waals surface area contributed by atoms with Gasteiger partial charge in [-0.25, -0.2) is 13.2 Å². The van der Waals surface area contributed by atoms with Crippen LogP contribution >= 0.6 is 0 Å². The summed E-state index contributed by atoms with van der Waals surface area (Å²) < 4.78 is 45.0. The quantitative estimate of drug-likeness (QED) is 0.523. The molecule has 0 radical (unpaired) electrons. The molecule has 2 nitrogen and oxygen atoms in total. The molecule has 2 rings (SSSR count). The molecule has 2 aromatic rings. The topological polar surface area (TPSA) is 26.3 Å². The van der Waals surface area contributed by atoms with Crippen molar-refractivity contribution in [3.05, 3.63) is 59.4 Å². The number of hydrogen-bond donors (Lipinski definition) is 0. The van der Waals surface area contributed by atoms with Crippen LogP contribution in [0.15, 0.2) is 36.4 Å². The summed E-state index contributed by atoms with van der Waals surface area (Å²) in [5.41, 5.74) is 1.37. The molecule has 0 amide bonds. The van der Waals surface area contributed by atoms with Crippen molar-refractivity contribution in [3.8, 4) is 11.1 Å². The molecule has 0 unspecified atom stereocenters. The summed E-state index contributed by atoms with van der Waals surface area (Å²) in [7, 11) is 1.36. The zero-order valence-corrected chi connectivity index (χ0v) is 13.5. The van der Waals surface area contributed by atoms with E-state index in [2.05, 4.69) is 4.74 Å². The Kier molecular flexibility index (Phi) is 6.41. The second-order valence-corrected chi connectivity index (χ2v) is 5.58. The van der Waals surface area contributed by atoms with Crippen LogP contribution in [0.2, 0.25) is 0 Å². The van der Waals surface area contributed by atoms with Crippen LogP contribution in [0, 0.1) is 17.5 Å². The number of unbranched alkanes of at least 4 members (excludes halogenated alkanes) is 2. The minimum Gasteiger partial charge on any atom is -0.469 e. The molecule has 0 aromatic heterocycles. The van der Waals surface area contributed by atoms with E-state index in [0.717, 1.165) is 37.0 Å². The van der Waals surface area contributed by atoms with Crippen LogP contribution in [0.4, 0.5) is 13.2 Å². The van der Waals surface area contributed by atoms with E-state index in [1.165, 1.54) is 19.2 Å². The third-order valence-electron chi connectivity index (χ3n) is 3.84. The second-order valence-electron chi connectivity index (χ2n) is 5.58. The average molecular weight is 336 g/mol. The maximum absolute atomic E-state index is 14.2. The lowest BCUT2D eigenvalue weighted by Gasteiger charge is -2.07. The normalized spacial score (nSPS) is 10.7. The lowest BCUT2D eigenvalue weighted by molar-refractivity contribution is -0.140. The van der Waals surface area contributed by atoms with E-state index in [0.29, 0.717) is 18.4 Å². The number of benzene rings is 2. The summed E-state index contributed by atoms with van der Waals surface area (Å²) in [6, 6.07) is 8.09. The number of carbonyl (C=O) groups is 1. The van der Waals surface area contributed by atoms with Crippen LogP contribution in [0.3, 0.4) is 0 Å². The number of aryl methyl sites for hydroxylation is 1. The first-order valence-electron chi connectivity index (χ1n) is 7.82. The van der Waals surface area contributed by atoms with E-state index in [1.807, 2.05) is 0 Å². The fourth-order valence-electron chi connectivity index (χ4n) is 2.49. The van der Waals surface area contributed by atoms with Gasteiger partial charge < -0.3 is 4.74 Å². The lowest BCUT2D eigenvalue weighted by atomic mass is 10.00. The van der Waals surface area contributed by atoms with Gasteiger partial charge in [-0.05, 0) is 48.6 Å². The van der Waals surface area contributed by atoms with Crippen molar-refractivity contribution < 1.29 is 22.7 Å². The van der Waals surface area contributed by atoms with Crippen molar-refractivity contribution in [1.29, 1.82) is 0 Å². The van der Waals surface area contributed by atoms with E-state index in [4.69, 9.17) is 0 Å². The van der Waals surface area contributed by atoms with Crippen molar-refractivity contribution in [1.82, 2.24) is 0 Å². The molecule has 0 heterocycles. The number of rotatable bonds is 7. The minimum atomic E-state index is -0.999. The Bertz CT molecular complexity index is 714. The molecule has 0 aliphatic heterocycles. The van der Waals surface area contributed by atoms with Crippen LogP contribution < -0.4 is 0 Å². The largest absolute Gasteiger partial charge is 0.469 e. The molecule has 128 valence electrons. The van der Waals surface area contributed by atoms with Gasteiger partial charge in [0.15, 0.2) is 11.6 Å². The van der Waals surface area contributed by atoms with Gasteiger partial charge >= 0.3 is 5.97 Å². The molecule has 0 aliphatic carbocycles. The standard InChI is InChI=1S/C19H19F3O2/c1-24-19(23)6-4-2-3-5-13-7-9-15(17(21)11-13)14-8-10-16(20)18(22)12-14/h7-12H,2-6H2,1H3. The van der Waals surface area contributed by atoms with Crippen molar-refractivity contribution >= 4 is 5.97 Å². The van der Waals surface area contributed by atoms with Crippen LogP contribution in [-0.4, -0.2) is 13.1 Å². The van der Waals surface area contributed by atoms with Crippen molar-refractivity contribution in [3.63, 3.8) is 0 Å². The maximum Gasteiger partial charge on any atom is 0.305 e. The van der Waals surface area contributed by atoms with Gasteiger partial charge in [0.2, 0.25) is 0 Å². The first-order valence-corrected chi connectivity index (χ1v) is 7.82. The zero-order chi connectivity index (χ0) is 17.5. The molecule has 24 heavy (non-hydrogen) atoms. The van der Waals surface area contributed by atoms with Gasteiger partial charge in [0.1, 0.15) is 5.82 Å². The summed E-state index contributed by atoms with van der Waals surface area (Å²) in [4.78, 5) is 11.0. The van der Waals surface area contributed by atoms with Crippen molar-refractivity contribution in [2.45, 2.75) is 32.1 Å². The zero-order valence-electron chi connectivity index (χ0n) is 13.5. The summed E-state index contributed by atoms with van der Waals surface area (Å²) >= 11 is 0. The molecular formula is C19H19F3O2. The molecule has 0 saturated heterocycles. The Morgan fingerprint density at radius 2 is 1.71 bits per heavy atom. The highest BCUT2D eigenvalue weighted by Crippen LogP contribution is 2.25. The van der Waals surface area contributed by atoms with Gasteiger partial charge in [0.05, 0.1) is 7.11 Å². The highest BCUT2D eigenvalue weighted by molar-refractivity contribution is 5.69. The molecule has 0 saturated carbocycles. The average Bonchev–Trinajstić information content (AvgIpc) is 2.57.